The summed E-state index contributed by atoms with van der Waals surface area (Å²) < 4.78 is 6.30. The molecule has 0 saturated heterocycles. The molecule has 0 bridgehead atoms. The van der Waals surface area contributed by atoms with Crippen LogP contribution in [-0.2, 0) is 16.1 Å². The number of nitrogens with zero attached hydrogens (tertiary/aromatic N) is 2. The molecule has 0 saturated carbocycles. The average Bonchev–Trinajstić information content (AvgIpc) is 2.64. The highest BCUT2D eigenvalue weighted by atomic mass is 32.2. The van der Waals surface area contributed by atoms with E-state index < -0.39 is 5.97 Å². The Bertz CT molecular complexity index is 848. The zero-order chi connectivity index (χ0) is 18.4. The standard InChI is InChI=1S/C17H21N3O4S/c1-4-5-8-20-15(22)12-7-6-11(16(23)24-3)9-13(12)19-17(20)25-10-14(21)18-2/h6-7,9H,4-5,8,10H2,1-3H3,(H,18,21). The maximum Gasteiger partial charge on any atom is 0.337 e. The molecule has 0 aliphatic carbocycles. The Morgan fingerprint density at radius 1 is 1.36 bits per heavy atom. The molecule has 7 nitrogen and oxygen atoms in total. The minimum Gasteiger partial charge on any atom is -0.465 e. The normalized spacial score (nSPS) is 10.7. The van der Waals surface area contributed by atoms with Crippen molar-refractivity contribution in [3.63, 3.8) is 0 Å². The van der Waals surface area contributed by atoms with Gasteiger partial charge < -0.3 is 10.1 Å². The van der Waals surface area contributed by atoms with Gasteiger partial charge in [0.15, 0.2) is 5.16 Å². The topological polar surface area (TPSA) is 90.3 Å². The fourth-order valence-electron chi connectivity index (χ4n) is 2.27. The largest absolute Gasteiger partial charge is 0.465 e. The van der Waals surface area contributed by atoms with Gasteiger partial charge in [-0.05, 0) is 24.6 Å². The molecular formula is C17H21N3O4S. The van der Waals surface area contributed by atoms with Crippen LogP contribution in [0, 0.1) is 0 Å². The van der Waals surface area contributed by atoms with E-state index in [2.05, 4.69) is 10.3 Å². The first-order valence-electron chi connectivity index (χ1n) is 7.98. The van der Waals surface area contributed by atoms with Crippen molar-refractivity contribution in [2.75, 3.05) is 19.9 Å². The maximum absolute atomic E-state index is 12.8. The summed E-state index contributed by atoms with van der Waals surface area (Å²) in [6, 6.07) is 4.68. The van der Waals surface area contributed by atoms with Gasteiger partial charge in [0, 0.05) is 13.6 Å². The van der Waals surface area contributed by atoms with Crippen molar-refractivity contribution >= 4 is 34.5 Å². The molecule has 0 aliphatic rings. The lowest BCUT2D eigenvalue weighted by molar-refractivity contribution is -0.118. The van der Waals surface area contributed by atoms with Crippen LogP contribution < -0.4 is 10.9 Å². The Labute approximate surface area is 149 Å². The molecule has 1 aromatic carbocycles. The SMILES string of the molecule is CCCCn1c(SCC(=O)NC)nc2cc(C(=O)OC)ccc2c1=O. The van der Waals surface area contributed by atoms with Crippen molar-refractivity contribution in [2.24, 2.45) is 0 Å². The van der Waals surface area contributed by atoms with Crippen LogP contribution in [0.5, 0.6) is 0 Å². The number of methoxy groups -OCH3 is 1. The fraction of sp³-hybridized carbons (Fsp3) is 0.412. The molecule has 1 amide bonds. The van der Waals surface area contributed by atoms with Crippen LogP contribution in [-0.4, -0.2) is 41.3 Å². The smallest absolute Gasteiger partial charge is 0.337 e. The quantitative estimate of drug-likeness (QED) is 0.458. The Balaban J connectivity index is 2.54. The Morgan fingerprint density at radius 3 is 2.76 bits per heavy atom. The van der Waals surface area contributed by atoms with Crippen LogP contribution in [0.4, 0.5) is 0 Å². The molecule has 0 radical (unpaired) electrons. The molecule has 0 aliphatic heterocycles. The van der Waals surface area contributed by atoms with Crippen molar-refractivity contribution in [1.82, 2.24) is 14.9 Å². The van der Waals surface area contributed by atoms with Gasteiger partial charge in [-0.2, -0.15) is 0 Å². The molecule has 25 heavy (non-hydrogen) atoms. The van der Waals surface area contributed by atoms with Gasteiger partial charge in [-0.1, -0.05) is 25.1 Å². The van der Waals surface area contributed by atoms with Crippen LogP contribution in [0.25, 0.3) is 10.9 Å². The number of carbonyl (C=O) groups excluding carboxylic acids is 2. The number of hydrogen-bond acceptors (Lipinski definition) is 6. The lowest BCUT2D eigenvalue weighted by atomic mass is 10.1. The zero-order valence-corrected chi connectivity index (χ0v) is 15.3. The molecule has 1 aromatic heterocycles. The van der Waals surface area contributed by atoms with E-state index in [0.29, 0.717) is 28.2 Å². The minimum atomic E-state index is -0.488. The van der Waals surface area contributed by atoms with E-state index in [1.165, 1.54) is 24.9 Å². The number of benzene rings is 1. The van der Waals surface area contributed by atoms with Gasteiger partial charge >= 0.3 is 5.97 Å². The highest BCUT2D eigenvalue weighted by Gasteiger charge is 2.15. The van der Waals surface area contributed by atoms with E-state index in [1.807, 2.05) is 6.92 Å². The van der Waals surface area contributed by atoms with Gasteiger partial charge in [-0.3, -0.25) is 14.2 Å². The van der Waals surface area contributed by atoms with Gasteiger partial charge in [-0.25, -0.2) is 9.78 Å². The summed E-state index contributed by atoms with van der Waals surface area (Å²) in [6.07, 6.45) is 1.77. The molecule has 0 spiro atoms. The summed E-state index contributed by atoms with van der Waals surface area (Å²) in [5.41, 5.74) is 0.574. The lowest BCUT2D eigenvalue weighted by Gasteiger charge is -2.13. The number of fused-ring (bicyclic) bond motifs is 1. The van der Waals surface area contributed by atoms with Crippen LogP contribution in [0.15, 0.2) is 28.2 Å². The summed E-state index contributed by atoms with van der Waals surface area (Å²) in [4.78, 5) is 40.6. The number of hydrogen-bond donors (Lipinski definition) is 1. The number of ether oxygens (including phenoxy) is 1. The van der Waals surface area contributed by atoms with Crippen molar-refractivity contribution in [3.8, 4) is 0 Å². The van der Waals surface area contributed by atoms with Gasteiger partial charge in [-0.15, -0.1) is 0 Å². The molecule has 8 heteroatoms. The van der Waals surface area contributed by atoms with E-state index in [0.717, 1.165) is 12.8 Å². The third-order valence-electron chi connectivity index (χ3n) is 3.69. The van der Waals surface area contributed by atoms with Crippen molar-refractivity contribution in [1.29, 1.82) is 0 Å². The highest BCUT2D eigenvalue weighted by Crippen LogP contribution is 2.19. The Morgan fingerprint density at radius 2 is 2.12 bits per heavy atom. The second-order valence-corrected chi connectivity index (χ2v) is 6.33. The number of nitrogens with one attached hydrogen (secondary N) is 1. The minimum absolute atomic E-state index is 0.148. The van der Waals surface area contributed by atoms with Crippen LogP contribution >= 0.6 is 11.8 Å². The second kappa shape index (κ2) is 8.66. The van der Waals surface area contributed by atoms with E-state index in [4.69, 9.17) is 4.74 Å². The van der Waals surface area contributed by atoms with E-state index in [1.54, 1.807) is 23.7 Å². The monoisotopic (exact) mass is 363 g/mol. The Kier molecular flexibility index (Phi) is 6.58. The molecular weight excluding hydrogens is 342 g/mol. The summed E-state index contributed by atoms with van der Waals surface area (Å²) in [7, 11) is 2.86. The first kappa shape index (κ1) is 19.0. The van der Waals surface area contributed by atoms with Crippen molar-refractivity contribution in [3.05, 3.63) is 34.1 Å². The third-order valence-corrected chi connectivity index (χ3v) is 4.66. The number of unbranched alkanes of at least 4 members (excludes halogenated alkanes) is 1. The lowest BCUT2D eigenvalue weighted by Crippen LogP contribution is -2.25. The molecule has 1 N–H and O–H groups in total. The summed E-state index contributed by atoms with van der Waals surface area (Å²) >= 11 is 1.20. The van der Waals surface area contributed by atoms with Crippen LogP contribution in [0.3, 0.4) is 0 Å². The first-order chi connectivity index (χ1) is 12.0. The number of carbonyl (C=O) groups is 2. The number of esters is 1. The van der Waals surface area contributed by atoms with E-state index in [9.17, 15) is 14.4 Å². The van der Waals surface area contributed by atoms with Crippen molar-refractivity contribution in [2.45, 2.75) is 31.5 Å². The van der Waals surface area contributed by atoms with Gasteiger partial charge in [0.1, 0.15) is 0 Å². The van der Waals surface area contributed by atoms with Crippen molar-refractivity contribution < 1.29 is 14.3 Å². The molecule has 2 aromatic rings. The van der Waals surface area contributed by atoms with E-state index in [-0.39, 0.29) is 17.2 Å². The van der Waals surface area contributed by atoms with Crippen LogP contribution in [0.1, 0.15) is 30.1 Å². The molecule has 134 valence electrons. The van der Waals surface area contributed by atoms with E-state index >= 15 is 0 Å². The highest BCUT2D eigenvalue weighted by molar-refractivity contribution is 7.99. The van der Waals surface area contributed by atoms with Gasteiger partial charge in [0.05, 0.1) is 29.3 Å². The molecule has 0 atom stereocenters. The zero-order valence-electron chi connectivity index (χ0n) is 14.5. The summed E-state index contributed by atoms with van der Waals surface area (Å²) in [6.45, 7) is 2.58. The number of amides is 1. The average molecular weight is 363 g/mol. The molecule has 2 rings (SSSR count). The number of aromatic nitrogens is 2. The molecule has 0 fully saturated rings. The van der Waals surface area contributed by atoms with Gasteiger partial charge in [0.2, 0.25) is 5.91 Å². The number of thioether (sulfide) groups is 1. The van der Waals surface area contributed by atoms with Gasteiger partial charge in [0.25, 0.3) is 5.56 Å². The fourth-order valence-corrected chi connectivity index (χ4v) is 3.17. The second-order valence-electron chi connectivity index (χ2n) is 5.39. The molecule has 1 heterocycles. The van der Waals surface area contributed by atoms with Crippen LogP contribution in [0.2, 0.25) is 0 Å². The predicted octanol–water partition coefficient (Wildman–Crippen LogP) is 1.82. The molecule has 0 unspecified atom stereocenters. The number of rotatable bonds is 7. The maximum atomic E-state index is 12.8. The summed E-state index contributed by atoms with van der Waals surface area (Å²) in [5.74, 6) is -0.472. The third kappa shape index (κ3) is 4.39. The predicted molar refractivity (Wildman–Crippen MR) is 97.0 cm³/mol. The first-order valence-corrected chi connectivity index (χ1v) is 8.96. The Hall–Kier alpha value is -2.35. The summed E-state index contributed by atoms with van der Waals surface area (Å²) in [5, 5.41) is 3.45.